The van der Waals surface area contributed by atoms with E-state index in [1.807, 2.05) is 55.5 Å². The number of fused-ring (bicyclic) bond motifs is 3. The van der Waals surface area contributed by atoms with Gasteiger partial charge in [-0.1, -0.05) is 30.3 Å². The first kappa shape index (κ1) is 16.3. The molecule has 0 radical (unpaired) electrons. The number of benzene rings is 3. The van der Waals surface area contributed by atoms with Gasteiger partial charge in [0.25, 0.3) is 0 Å². The van der Waals surface area contributed by atoms with E-state index in [0.717, 1.165) is 27.5 Å². The first-order valence-electron chi connectivity index (χ1n) is 8.35. The average Bonchev–Trinajstić information content (AvgIpc) is 2.67. The fourth-order valence-electron chi connectivity index (χ4n) is 3.50. The number of hydrogen-bond donors (Lipinski definition) is 1. The molecule has 3 aromatic rings. The summed E-state index contributed by atoms with van der Waals surface area (Å²) >= 11 is 0. The second-order valence-corrected chi connectivity index (χ2v) is 6.22. The topological polar surface area (TPSA) is 56.8 Å². The molecular weight excluding hydrogens is 330 g/mol. The third kappa shape index (κ3) is 2.52. The van der Waals surface area contributed by atoms with Crippen LogP contribution in [0.15, 0.2) is 48.5 Å². The first-order chi connectivity index (χ1) is 12.6. The Balaban J connectivity index is 1.97. The molecule has 1 unspecified atom stereocenters. The second kappa shape index (κ2) is 6.26. The van der Waals surface area contributed by atoms with Crippen LogP contribution in [0.4, 0.5) is 4.79 Å². The van der Waals surface area contributed by atoms with Gasteiger partial charge in [0.05, 0.1) is 20.3 Å². The number of methoxy groups -OCH3 is 2. The Labute approximate surface area is 151 Å². The predicted molar refractivity (Wildman–Crippen MR) is 99.2 cm³/mol. The molecule has 132 valence electrons. The predicted octanol–water partition coefficient (Wildman–Crippen LogP) is 4.36. The Morgan fingerprint density at radius 2 is 1.69 bits per heavy atom. The molecule has 3 aromatic carbocycles. The van der Waals surface area contributed by atoms with Crippen LogP contribution >= 0.6 is 0 Å². The third-order valence-corrected chi connectivity index (χ3v) is 4.79. The minimum absolute atomic E-state index is 0.360. The van der Waals surface area contributed by atoms with Crippen LogP contribution in [0, 0.1) is 6.92 Å². The highest BCUT2D eigenvalue weighted by Gasteiger charge is 2.30. The smallest absolute Gasteiger partial charge is 0.413 e. The Bertz CT molecular complexity index is 987. The van der Waals surface area contributed by atoms with Gasteiger partial charge in [0.1, 0.15) is 17.2 Å². The molecular formula is C21H19NO4. The highest BCUT2D eigenvalue weighted by molar-refractivity contribution is 5.91. The van der Waals surface area contributed by atoms with E-state index in [9.17, 15) is 4.79 Å². The number of amides is 1. The lowest BCUT2D eigenvalue weighted by atomic mass is 9.91. The fraction of sp³-hybridized carbons (Fsp3) is 0.190. The van der Waals surface area contributed by atoms with Crippen LogP contribution in [0.1, 0.15) is 22.7 Å². The van der Waals surface area contributed by atoms with Gasteiger partial charge in [-0.15, -0.1) is 0 Å². The van der Waals surface area contributed by atoms with Crippen molar-refractivity contribution >= 4 is 16.9 Å². The highest BCUT2D eigenvalue weighted by Crippen LogP contribution is 2.41. The van der Waals surface area contributed by atoms with E-state index in [1.165, 1.54) is 0 Å². The fourth-order valence-corrected chi connectivity index (χ4v) is 3.50. The third-order valence-electron chi connectivity index (χ3n) is 4.79. The zero-order valence-electron chi connectivity index (χ0n) is 14.8. The molecule has 0 fully saturated rings. The van der Waals surface area contributed by atoms with Crippen LogP contribution in [-0.2, 0) is 0 Å². The maximum absolute atomic E-state index is 12.1. The summed E-state index contributed by atoms with van der Waals surface area (Å²) < 4.78 is 16.4. The molecule has 1 aliphatic rings. The zero-order chi connectivity index (χ0) is 18.3. The lowest BCUT2D eigenvalue weighted by Crippen LogP contribution is -2.36. The van der Waals surface area contributed by atoms with Crippen molar-refractivity contribution in [2.24, 2.45) is 0 Å². The normalized spacial score (nSPS) is 15.8. The Hall–Kier alpha value is -3.21. The van der Waals surface area contributed by atoms with E-state index in [1.54, 1.807) is 14.2 Å². The van der Waals surface area contributed by atoms with Gasteiger partial charge in [-0.2, -0.15) is 0 Å². The summed E-state index contributed by atoms with van der Waals surface area (Å²) in [5.74, 6) is 1.99. The van der Waals surface area contributed by atoms with Gasteiger partial charge in [-0.05, 0) is 41.5 Å². The molecule has 0 bridgehead atoms. The molecule has 1 heterocycles. The monoisotopic (exact) mass is 349 g/mol. The Kier molecular flexibility index (Phi) is 3.92. The van der Waals surface area contributed by atoms with Crippen LogP contribution in [0.2, 0.25) is 0 Å². The van der Waals surface area contributed by atoms with Crippen molar-refractivity contribution in [1.29, 1.82) is 0 Å². The van der Waals surface area contributed by atoms with Crippen LogP contribution in [-0.4, -0.2) is 20.3 Å². The van der Waals surface area contributed by atoms with Gasteiger partial charge in [0.15, 0.2) is 0 Å². The maximum atomic E-state index is 12.1. The van der Waals surface area contributed by atoms with Crippen LogP contribution in [0.25, 0.3) is 10.8 Å². The van der Waals surface area contributed by atoms with E-state index in [-0.39, 0.29) is 6.04 Å². The van der Waals surface area contributed by atoms with Gasteiger partial charge in [0.2, 0.25) is 0 Å². The molecule has 5 heteroatoms. The first-order valence-corrected chi connectivity index (χ1v) is 8.35. The SMILES string of the molecule is COc1cc(C2NC(=O)Oc3ccc4ccccc4c32)cc(OC)c1C. The highest BCUT2D eigenvalue weighted by atomic mass is 16.6. The van der Waals surface area contributed by atoms with E-state index < -0.39 is 6.09 Å². The summed E-state index contributed by atoms with van der Waals surface area (Å²) in [6, 6.07) is 15.3. The summed E-state index contributed by atoms with van der Waals surface area (Å²) in [6.45, 7) is 1.94. The molecule has 0 saturated heterocycles. The number of ether oxygens (including phenoxy) is 3. The maximum Gasteiger partial charge on any atom is 0.413 e. The average molecular weight is 349 g/mol. The van der Waals surface area contributed by atoms with Crippen molar-refractivity contribution in [2.75, 3.05) is 14.2 Å². The minimum Gasteiger partial charge on any atom is -0.496 e. The molecule has 0 aromatic heterocycles. The van der Waals surface area contributed by atoms with Gasteiger partial charge >= 0.3 is 6.09 Å². The van der Waals surface area contributed by atoms with Crippen molar-refractivity contribution in [3.05, 3.63) is 65.2 Å². The van der Waals surface area contributed by atoms with Crippen LogP contribution in [0.5, 0.6) is 17.2 Å². The Morgan fingerprint density at radius 1 is 1.00 bits per heavy atom. The zero-order valence-corrected chi connectivity index (χ0v) is 14.8. The molecule has 1 aliphatic heterocycles. The number of hydrogen-bond acceptors (Lipinski definition) is 4. The largest absolute Gasteiger partial charge is 0.496 e. The van der Waals surface area contributed by atoms with Crippen molar-refractivity contribution in [1.82, 2.24) is 5.32 Å². The molecule has 1 N–H and O–H groups in total. The molecule has 5 nitrogen and oxygen atoms in total. The lowest BCUT2D eigenvalue weighted by molar-refractivity contribution is 0.191. The summed E-state index contributed by atoms with van der Waals surface area (Å²) in [4.78, 5) is 12.1. The number of rotatable bonds is 3. The van der Waals surface area contributed by atoms with E-state index in [0.29, 0.717) is 17.2 Å². The molecule has 1 amide bonds. The molecule has 4 rings (SSSR count). The van der Waals surface area contributed by atoms with Crippen molar-refractivity contribution in [3.63, 3.8) is 0 Å². The minimum atomic E-state index is -0.476. The van der Waals surface area contributed by atoms with Crippen molar-refractivity contribution in [2.45, 2.75) is 13.0 Å². The molecule has 0 aliphatic carbocycles. The summed E-state index contributed by atoms with van der Waals surface area (Å²) in [6.07, 6.45) is -0.476. The van der Waals surface area contributed by atoms with Gasteiger partial charge in [-0.3, -0.25) is 0 Å². The van der Waals surface area contributed by atoms with E-state index >= 15 is 0 Å². The number of nitrogens with one attached hydrogen (secondary N) is 1. The lowest BCUT2D eigenvalue weighted by Gasteiger charge is -2.28. The number of carbonyl (C=O) groups excluding carboxylic acids is 1. The molecule has 26 heavy (non-hydrogen) atoms. The summed E-state index contributed by atoms with van der Waals surface area (Å²) in [7, 11) is 3.24. The van der Waals surface area contributed by atoms with Gasteiger partial charge in [0, 0.05) is 11.1 Å². The standard InChI is InChI=1S/C21H19NO4/c1-12-17(24-2)10-14(11-18(12)25-3)20-19-15-7-5-4-6-13(15)8-9-16(19)26-21(23)22-20/h4-11,20H,1-3H3,(H,22,23). The number of carbonyl (C=O) groups is 1. The summed E-state index contributed by atoms with van der Waals surface area (Å²) in [5, 5.41) is 5.05. The quantitative estimate of drug-likeness (QED) is 0.763. The van der Waals surface area contributed by atoms with Crippen molar-refractivity contribution < 1.29 is 19.0 Å². The molecule has 0 spiro atoms. The van der Waals surface area contributed by atoms with Crippen molar-refractivity contribution in [3.8, 4) is 17.2 Å². The Morgan fingerprint density at radius 3 is 2.38 bits per heavy atom. The van der Waals surface area contributed by atoms with Gasteiger partial charge in [-0.25, -0.2) is 4.79 Å². The van der Waals surface area contributed by atoms with Gasteiger partial charge < -0.3 is 19.5 Å². The molecule has 1 atom stereocenters. The second-order valence-electron chi connectivity index (χ2n) is 6.22. The van der Waals surface area contributed by atoms with Crippen LogP contribution < -0.4 is 19.5 Å². The summed E-state index contributed by atoms with van der Waals surface area (Å²) in [5.41, 5.74) is 2.71. The van der Waals surface area contributed by atoms with E-state index in [4.69, 9.17) is 14.2 Å². The molecule has 0 saturated carbocycles. The van der Waals surface area contributed by atoms with E-state index in [2.05, 4.69) is 5.32 Å². The van der Waals surface area contributed by atoms with Crippen LogP contribution in [0.3, 0.4) is 0 Å².